The van der Waals surface area contributed by atoms with Crippen LogP contribution in [-0.4, -0.2) is 17.9 Å². The van der Waals surface area contributed by atoms with Gasteiger partial charge in [0.25, 0.3) is 0 Å². The van der Waals surface area contributed by atoms with Crippen molar-refractivity contribution in [1.82, 2.24) is 0 Å². The molecule has 4 aromatic rings. The van der Waals surface area contributed by atoms with E-state index < -0.39 is 23.5 Å². The smallest absolute Gasteiger partial charge is 0.340 e. The van der Waals surface area contributed by atoms with Gasteiger partial charge in [-0.2, -0.15) is 0 Å². The minimum atomic E-state index is -1.45. The van der Waals surface area contributed by atoms with Crippen molar-refractivity contribution in [2.75, 3.05) is 0 Å². The number of hydrogen-bond donors (Lipinski definition) is 0. The van der Waals surface area contributed by atoms with Crippen LogP contribution < -0.4 is 18.9 Å². The van der Waals surface area contributed by atoms with E-state index in [1.54, 1.807) is 61.5 Å². The molecule has 4 aromatic carbocycles. The molecular weight excluding hydrogens is 698 g/mol. The Morgan fingerprint density at radius 2 is 1.45 bits per heavy atom. The maximum absolute atomic E-state index is 13.2. The predicted molar refractivity (Wildman–Crippen MR) is 161 cm³/mol. The Labute approximate surface area is 263 Å². The Hall–Kier alpha value is -3.80. The first-order valence-corrected chi connectivity index (χ1v) is 14.3. The highest BCUT2D eigenvalue weighted by molar-refractivity contribution is 14.1. The normalized spacial score (nSPS) is 16.1. The highest BCUT2D eigenvalue weighted by Crippen LogP contribution is 2.59. The molecule has 6 rings (SSSR count). The first-order chi connectivity index (χ1) is 20.0. The summed E-state index contributed by atoms with van der Waals surface area (Å²) in [4.78, 5) is 36.4. The maximum Gasteiger partial charge on any atom is 0.340 e. The second-order valence-electron chi connectivity index (χ2n) is 9.62. The third-order valence-electron chi connectivity index (χ3n) is 6.75. The molecule has 0 saturated heterocycles. The Bertz CT molecular complexity index is 1830. The molecule has 0 aromatic heterocycles. The number of hydrogen-bond acceptors (Lipinski definition) is 8. The van der Waals surface area contributed by atoms with Gasteiger partial charge in [-0.15, -0.1) is 0 Å². The summed E-state index contributed by atoms with van der Waals surface area (Å²) in [5.41, 5.74) is 1.09. The van der Waals surface area contributed by atoms with Gasteiger partial charge in [-0.1, -0.05) is 41.4 Å². The summed E-state index contributed by atoms with van der Waals surface area (Å²) in [6.45, 7) is 4.39. The lowest BCUT2D eigenvalue weighted by molar-refractivity contribution is -0.132. The van der Waals surface area contributed by atoms with Gasteiger partial charge >= 0.3 is 17.9 Å². The van der Waals surface area contributed by atoms with Crippen LogP contribution in [0.5, 0.6) is 34.5 Å². The molecule has 2 aliphatic heterocycles. The van der Waals surface area contributed by atoms with Gasteiger partial charge in [0.15, 0.2) is 11.4 Å². The van der Waals surface area contributed by atoms with E-state index in [1.807, 2.05) is 0 Å². The zero-order valence-corrected chi connectivity index (χ0v) is 25.8. The Morgan fingerprint density at radius 1 is 0.833 bits per heavy atom. The van der Waals surface area contributed by atoms with Crippen molar-refractivity contribution in [3.63, 3.8) is 0 Å². The summed E-state index contributed by atoms with van der Waals surface area (Å²) in [5, 5.41) is 0.351. The van der Waals surface area contributed by atoms with Crippen LogP contribution in [0.15, 0.2) is 60.7 Å². The molecular formula is C31H19Cl2IO8. The zero-order chi connectivity index (χ0) is 29.9. The number of aryl methyl sites for hydroxylation is 1. The molecule has 8 nitrogen and oxygen atoms in total. The predicted octanol–water partition coefficient (Wildman–Crippen LogP) is 8.12. The third kappa shape index (κ3) is 4.65. The first kappa shape index (κ1) is 28.3. The summed E-state index contributed by atoms with van der Waals surface area (Å²) < 4.78 is 29.9. The zero-order valence-electron chi connectivity index (χ0n) is 22.2. The molecule has 42 heavy (non-hydrogen) atoms. The van der Waals surface area contributed by atoms with E-state index in [9.17, 15) is 14.4 Å². The monoisotopic (exact) mass is 716 g/mol. The summed E-state index contributed by atoms with van der Waals surface area (Å²) in [6, 6.07) is 16.7. The number of carbonyl (C=O) groups excluding carboxylic acids is 3. The second kappa shape index (κ2) is 10.5. The van der Waals surface area contributed by atoms with Gasteiger partial charge in [0, 0.05) is 42.7 Å². The molecule has 212 valence electrons. The number of esters is 3. The second-order valence-corrected chi connectivity index (χ2v) is 11.6. The number of fused-ring (bicyclic) bond motifs is 6. The summed E-state index contributed by atoms with van der Waals surface area (Å²) >= 11 is 15.4. The SMILES string of the molecule is CC(=O)Oc1cc2c(cc1Cl)C1(OC(=O)c3ccccc31)c1cc(Cl)c(Oc3cc(C)c(OC(C)=O)c(I)c3)cc1O2. The van der Waals surface area contributed by atoms with Gasteiger partial charge in [-0.25, -0.2) is 4.79 Å². The van der Waals surface area contributed by atoms with Gasteiger partial charge in [0.1, 0.15) is 28.7 Å². The number of halogens is 3. The van der Waals surface area contributed by atoms with E-state index in [2.05, 4.69) is 22.6 Å². The molecule has 0 fully saturated rings. The van der Waals surface area contributed by atoms with Crippen molar-refractivity contribution in [2.45, 2.75) is 26.4 Å². The third-order valence-corrected chi connectivity index (χ3v) is 8.14. The van der Waals surface area contributed by atoms with Crippen LogP contribution in [-0.2, 0) is 19.9 Å². The average Bonchev–Trinajstić information content (AvgIpc) is 3.21. The maximum atomic E-state index is 13.2. The molecule has 0 bridgehead atoms. The molecule has 1 unspecified atom stereocenters. The van der Waals surface area contributed by atoms with Gasteiger partial charge in [-0.05, 0) is 65.4 Å². The fourth-order valence-electron chi connectivity index (χ4n) is 5.14. The molecule has 0 radical (unpaired) electrons. The molecule has 1 spiro atoms. The Balaban J connectivity index is 1.51. The molecule has 0 N–H and O–H groups in total. The molecule has 0 saturated carbocycles. The number of rotatable bonds is 4. The van der Waals surface area contributed by atoms with Crippen LogP contribution >= 0.6 is 45.8 Å². The summed E-state index contributed by atoms with van der Waals surface area (Å²) in [6.07, 6.45) is 0. The lowest BCUT2D eigenvalue weighted by Crippen LogP contribution is -2.33. The van der Waals surface area contributed by atoms with Crippen molar-refractivity contribution in [3.05, 3.63) is 102 Å². The molecule has 0 amide bonds. The Morgan fingerprint density at radius 3 is 2.10 bits per heavy atom. The average molecular weight is 717 g/mol. The van der Waals surface area contributed by atoms with E-state index in [0.717, 1.165) is 0 Å². The van der Waals surface area contributed by atoms with Crippen molar-refractivity contribution in [1.29, 1.82) is 0 Å². The number of carbonyl (C=O) groups is 3. The molecule has 2 aliphatic rings. The van der Waals surface area contributed by atoms with E-state index in [4.69, 9.17) is 46.9 Å². The molecule has 0 aliphatic carbocycles. The van der Waals surface area contributed by atoms with Crippen molar-refractivity contribution >= 4 is 63.7 Å². The molecule has 11 heteroatoms. The van der Waals surface area contributed by atoms with E-state index in [-0.39, 0.29) is 27.3 Å². The van der Waals surface area contributed by atoms with Crippen LogP contribution in [0.3, 0.4) is 0 Å². The lowest BCUT2D eigenvalue weighted by Gasteiger charge is -2.37. The van der Waals surface area contributed by atoms with E-state index in [0.29, 0.717) is 48.6 Å². The van der Waals surface area contributed by atoms with Gasteiger partial charge in [-0.3, -0.25) is 9.59 Å². The van der Waals surface area contributed by atoms with Crippen LogP contribution in [0.2, 0.25) is 10.0 Å². The summed E-state index contributed by atoms with van der Waals surface area (Å²) in [5.74, 6) is 0.272. The fraction of sp³-hybridized carbons (Fsp3) is 0.129. The van der Waals surface area contributed by atoms with Gasteiger partial charge in [0.05, 0.1) is 19.2 Å². The largest absolute Gasteiger partial charge is 0.456 e. The van der Waals surface area contributed by atoms with E-state index in [1.165, 1.54) is 19.9 Å². The highest BCUT2D eigenvalue weighted by Gasteiger charge is 2.54. The minimum absolute atomic E-state index is 0.0856. The number of benzene rings is 4. The minimum Gasteiger partial charge on any atom is -0.456 e. The summed E-state index contributed by atoms with van der Waals surface area (Å²) in [7, 11) is 0. The van der Waals surface area contributed by atoms with Gasteiger partial charge < -0.3 is 23.7 Å². The Kier molecular flexibility index (Phi) is 7.07. The highest BCUT2D eigenvalue weighted by atomic mass is 127. The van der Waals surface area contributed by atoms with Crippen molar-refractivity contribution in [3.8, 4) is 34.5 Å². The molecule has 2 heterocycles. The van der Waals surface area contributed by atoms with Gasteiger partial charge in [0.2, 0.25) is 0 Å². The topological polar surface area (TPSA) is 97.4 Å². The lowest BCUT2D eigenvalue weighted by atomic mass is 9.77. The van der Waals surface area contributed by atoms with Crippen LogP contribution in [0, 0.1) is 10.5 Å². The standard InChI is InChI=1S/C31H19Cl2IO8/c1-14-8-17(9-24(34)29(14)39-16(3)36)40-28-13-26-21(11-23(28)33)31(19-7-5-4-6-18(19)30(37)42-31)20-10-22(32)27(38-15(2)35)12-25(20)41-26/h4-13H,1-3H3. The van der Waals surface area contributed by atoms with Crippen LogP contribution in [0.4, 0.5) is 0 Å². The van der Waals surface area contributed by atoms with E-state index >= 15 is 0 Å². The van der Waals surface area contributed by atoms with Crippen molar-refractivity contribution in [2.24, 2.45) is 0 Å². The van der Waals surface area contributed by atoms with Crippen molar-refractivity contribution < 1.29 is 38.1 Å². The first-order valence-electron chi connectivity index (χ1n) is 12.5. The fourth-order valence-corrected chi connectivity index (χ4v) is 6.39. The molecule has 1 atom stereocenters. The quantitative estimate of drug-likeness (QED) is 0.119. The van der Waals surface area contributed by atoms with Crippen LogP contribution in [0.25, 0.3) is 0 Å². The van der Waals surface area contributed by atoms with Crippen LogP contribution in [0.1, 0.15) is 46.5 Å². The number of ether oxygens (including phenoxy) is 5.